The zero-order chi connectivity index (χ0) is 16.4. The maximum Gasteiger partial charge on any atom is 0.345 e. The molecule has 118 valence electrons. The molecule has 1 aromatic rings. The van der Waals surface area contributed by atoms with Crippen molar-refractivity contribution in [2.75, 3.05) is 12.4 Å². The number of ether oxygens (including phenoxy) is 1. The van der Waals surface area contributed by atoms with Gasteiger partial charge in [-0.25, -0.2) is 9.78 Å². The van der Waals surface area contributed by atoms with Gasteiger partial charge in [0.25, 0.3) is 5.91 Å². The van der Waals surface area contributed by atoms with Gasteiger partial charge in [0.15, 0.2) is 5.13 Å². The van der Waals surface area contributed by atoms with Crippen molar-refractivity contribution in [1.82, 2.24) is 4.98 Å². The number of aromatic nitrogens is 1. The maximum absolute atomic E-state index is 12.1. The van der Waals surface area contributed by atoms with Gasteiger partial charge in [-0.2, -0.15) is 0 Å². The van der Waals surface area contributed by atoms with Crippen LogP contribution in [0.4, 0.5) is 5.13 Å². The molecule has 2 N–H and O–H groups in total. The highest BCUT2D eigenvalue weighted by atomic mass is 32.1. The first-order valence-corrected chi connectivity index (χ1v) is 7.48. The lowest BCUT2D eigenvalue weighted by molar-refractivity contribution is -0.165. The van der Waals surface area contributed by atoms with Crippen molar-refractivity contribution in [3.63, 3.8) is 0 Å². The predicted molar refractivity (Wildman–Crippen MR) is 81.9 cm³/mol. The molecule has 0 radical (unpaired) electrons. The van der Waals surface area contributed by atoms with Gasteiger partial charge in [-0.15, -0.1) is 11.3 Å². The van der Waals surface area contributed by atoms with Gasteiger partial charge in [0.1, 0.15) is 0 Å². The maximum atomic E-state index is 12.1. The van der Waals surface area contributed by atoms with Crippen LogP contribution < -0.4 is 5.32 Å². The number of anilines is 1. The molecule has 6 nitrogen and oxygen atoms in total. The average Bonchev–Trinajstić information content (AvgIpc) is 2.80. The van der Waals surface area contributed by atoms with Crippen molar-refractivity contribution in [3.05, 3.63) is 10.6 Å². The van der Waals surface area contributed by atoms with Gasteiger partial charge in [-0.05, 0) is 18.8 Å². The van der Waals surface area contributed by atoms with Crippen LogP contribution in [0, 0.1) is 0 Å². The van der Waals surface area contributed by atoms with Crippen molar-refractivity contribution in [1.29, 1.82) is 0 Å². The smallest absolute Gasteiger partial charge is 0.345 e. The number of carbonyl (C=O) groups is 2. The summed E-state index contributed by atoms with van der Waals surface area (Å²) in [6.45, 7) is 9.42. The lowest BCUT2D eigenvalue weighted by Crippen LogP contribution is -2.48. The molecule has 0 fully saturated rings. The van der Waals surface area contributed by atoms with Crippen LogP contribution in [0.15, 0.2) is 0 Å². The van der Waals surface area contributed by atoms with Gasteiger partial charge in [0.05, 0.1) is 5.69 Å². The van der Waals surface area contributed by atoms with Gasteiger partial charge in [-0.1, -0.05) is 27.7 Å². The molecular formula is C14H22N2O4S. The van der Waals surface area contributed by atoms with E-state index in [4.69, 9.17) is 9.84 Å². The number of aliphatic carboxylic acids is 1. The third-order valence-corrected chi connectivity index (χ3v) is 4.62. The second kappa shape index (κ2) is 6.11. The molecule has 0 aliphatic carbocycles. The van der Waals surface area contributed by atoms with Crippen LogP contribution in [0.2, 0.25) is 0 Å². The topological polar surface area (TPSA) is 88.5 Å². The largest absolute Gasteiger partial charge is 0.479 e. The molecule has 0 aliphatic rings. The fourth-order valence-electron chi connectivity index (χ4n) is 1.72. The van der Waals surface area contributed by atoms with E-state index in [-0.39, 0.29) is 5.41 Å². The van der Waals surface area contributed by atoms with E-state index in [9.17, 15) is 9.59 Å². The Labute approximate surface area is 128 Å². The van der Waals surface area contributed by atoms with Gasteiger partial charge >= 0.3 is 5.97 Å². The molecule has 1 amide bonds. The van der Waals surface area contributed by atoms with Crippen molar-refractivity contribution in [2.24, 2.45) is 0 Å². The van der Waals surface area contributed by atoms with E-state index < -0.39 is 17.5 Å². The summed E-state index contributed by atoms with van der Waals surface area (Å²) < 4.78 is 4.83. The van der Waals surface area contributed by atoms with E-state index in [1.807, 2.05) is 6.92 Å². The molecule has 21 heavy (non-hydrogen) atoms. The van der Waals surface area contributed by atoms with Crippen LogP contribution in [-0.4, -0.2) is 34.7 Å². The molecule has 1 heterocycles. The Bertz CT molecular complexity index is 548. The molecule has 1 aromatic heterocycles. The number of aryl methyl sites for hydroxylation is 1. The molecule has 7 heteroatoms. The summed E-state index contributed by atoms with van der Waals surface area (Å²) in [5.41, 5.74) is -1.10. The summed E-state index contributed by atoms with van der Waals surface area (Å²) in [4.78, 5) is 28.7. The van der Waals surface area contributed by atoms with Crippen LogP contribution in [0.5, 0.6) is 0 Å². The first kappa shape index (κ1) is 17.6. The first-order chi connectivity index (χ1) is 9.56. The number of nitrogens with zero attached hydrogens (tertiary/aromatic N) is 1. The van der Waals surface area contributed by atoms with Crippen LogP contribution in [0.1, 0.15) is 45.2 Å². The van der Waals surface area contributed by atoms with Crippen molar-refractivity contribution < 1.29 is 19.4 Å². The molecule has 1 atom stereocenters. The highest BCUT2D eigenvalue weighted by Gasteiger charge is 2.42. The molecule has 0 saturated heterocycles. The highest BCUT2D eigenvalue weighted by molar-refractivity contribution is 7.16. The quantitative estimate of drug-likeness (QED) is 0.815. The number of thiazole rings is 1. The summed E-state index contributed by atoms with van der Waals surface area (Å²) >= 11 is 1.37. The van der Waals surface area contributed by atoms with Crippen LogP contribution in [-0.2, 0) is 26.2 Å². The molecular weight excluding hydrogens is 292 g/mol. The highest BCUT2D eigenvalue weighted by Crippen LogP contribution is 2.34. The number of methoxy groups -OCH3 is 1. The Hall–Kier alpha value is -1.47. The van der Waals surface area contributed by atoms with Crippen molar-refractivity contribution >= 4 is 28.3 Å². The van der Waals surface area contributed by atoms with Gasteiger partial charge < -0.3 is 9.84 Å². The predicted octanol–water partition coefficient (Wildman–Crippen LogP) is 2.43. The molecule has 0 spiro atoms. The summed E-state index contributed by atoms with van der Waals surface area (Å²) in [5, 5.41) is 12.1. The molecule has 0 saturated carbocycles. The minimum Gasteiger partial charge on any atom is -0.479 e. The van der Waals surface area contributed by atoms with E-state index >= 15 is 0 Å². The molecule has 0 aliphatic heterocycles. The second-order valence-corrected chi connectivity index (χ2v) is 6.89. The van der Waals surface area contributed by atoms with E-state index in [1.54, 1.807) is 0 Å². The minimum atomic E-state index is -1.93. The third kappa shape index (κ3) is 3.59. The Kier molecular flexibility index (Phi) is 5.11. The fourth-order valence-corrected chi connectivity index (χ4v) is 2.83. The third-order valence-electron chi connectivity index (χ3n) is 3.18. The first-order valence-electron chi connectivity index (χ1n) is 6.66. The Morgan fingerprint density at radius 1 is 1.33 bits per heavy atom. The van der Waals surface area contributed by atoms with Gasteiger partial charge in [0.2, 0.25) is 5.60 Å². The van der Waals surface area contributed by atoms with Crippen LogP contribution in [0.3, 0.4) is 0 Å². The number of carboxylic acids is 1. The number of rotatable bonds is 5. The monoisotopic (exact) mass is 314 g/mol. The SMILES string of the molecule is CCc1nc(NC(=O)C(C)(OC)C(=O)O)sc1C(C)(C)C. The van der Waals surface area contributed by atoms with E-state index in [1.165, 1.54) is 25.4 Å². The number of hydrogen-bond acceptors (Lipinski definition) is 5. The van der Waals surface area contributed by atoms with E-state index in [0.717, 1.165) is 17.0 Å². The second-order valence-electron chi connectivity index (χ2n) is 5.90. The number of hydrogen-bond donors (Lipinski definition) is 2. The zero-order valence-corrected chi connectivity index (χ0v) is 14.1. The Morgan fingerprint density at radius 2 is 1.90 bits per heavy atom. The zero-order valence-electron chi connectivity index (χ0n) is 13.2. The average molecular weight is 314 g/mol. The summed E-state index contributed by atoms with van der Waals surface area (Å²) in [5.74, 6) is -2.08. The number of carboxylic acid groups (broad SMARTS) is 1. The molecule has 0 aromatic carbocycles. The molecule has 1 rings (SSSR count). The molecule has 0 bridgehead atoms. The Balaban J connectivity index is 3.07. The normalized spacial score (nSPS) is 14.6. The van der Waals surface area contributed by atoms with E-state index in [2.05, 4.69) is 31.1 Å². The van der Waals surface area contributed by atoms with E-state index in [0.29, 0.717) is 5.13 Å². The summed E-state index contributed by atoms with van der Waals surface area (Å²) in [7, 11) is 1.19. The number of carbonyl (C=O) groups excluding carboxylic acids is 1. The molecule has 1 unspecified atom stereocenters. The standard InChI is InChI=1S/C14H22N2O4S/c1-7-8-9(13(2,3)4)21-12(15-8)16-10(17)14(5,20-6)11(18)19/h7H2,1-6H3,(H,18,19)(H,15,16,17). The number of amides is 1. The van der Waals surface area contributed by atoms with Crippen LogP contribution >= 0.6 is 11.3 Å². The van der Waals surface area contributed by atoms with Crippen molar-refractivity contribution in [2.45, 2.75) is 52.1 Å². The van der Waals surface area contributed by atoms with Gasteiger partial charge in [0, 0.05) is 12.0 Å². The Morgan fingerprint density at radius 3 is 2.24 bits per heavy atom. The van der Waals surface area contributed by atoms with Crippen molar-refractivity contribution in [3.8, 4) is 0 Å². The summed E-state index contributed by atoms with van der Waals surface area (Å²) in [6.07, 6.45) is 0.749. The lowest BCUT2D eigenvalue weighted by atomic mass is 9.93. The number of nitrogens with one attached hydrogen (secondary N) is 1. The van der Waals surface area contributed by atoms with Crippen LogP contribution in [0.25, 0.3) is 0 Å². The fraction of sp³-hybridized carbons (Fsp3) is 0.643. The summed E-state index contributed by atoms with van der Waals surface area (Å²) in [6, 6.07) is 0. The van der Waals surface area contributed by atoms with Gasteiger partial charge in [-0.3, -0.25) is 10.1 Å². The lowest BCUT2D eigenvalue weighted by Gasteiger charge is -2.21. The minimum absolute atomic E-state index is 0.0800.